The topological polar surface area (TPSA) is 76.0 Å². The molecule has 29 heavy (non-hydrogen) atoms. The Morgan fingerprint density at radius 3 is 2.62 bits per heavy atom. The molecule has 2 heterocycles. The zero-order chi connectivity index (χ0) is 20.5. The van der Waals surface area contributed by atoms with Gasteiger partial charge in [-0.15, -0.1) is 11.3 Å². The maximum absolute atomic E-state index is 12.7. The van der Waals surface area contributed by atoms with Gasteiger partial charge in [0.15, 0.2) is 0 Å². The van der Waals surface area contributed by atoms with Crippen LogP contribution in [0.3, 0.4) is 0 Å². The van der Waals surface area contributed by atoms with Crippen LogP contribution in [0.25, 0.3) is 5.69 Å². The van der Waals surface area contributed by atoms with E-state index >= 15 is 0 Å². The van der Waals surface area contributed by atoms with Crippen LogP contribution in [-0.2, 0) is 12.8 Å². The van der Waals surface area contributed by atoms with Gasteiger partial charge in [-0.25, -0.2) is 4.68 Å². The van der Waals surface area contributed by atoms with Gasteiger partial charge in [-0.05, 0) is 62.8 Å². The van der Waals surface area contributed by atoms with Crippen LogP contribution in [0, 0.1) is 19.8 Å². The van der Waals surface area contributed by atoms with Crippen LogP contribution in [0.15, 0.2) is 36.4 Å². The van der Waals surface area contributed by atoms with Gasteiger partial charge in [-0.1, -0.05) is 25.1 Å². The molecule has 2 aromatic heterocycles. The van der Waals surface area contributed by atoms with E-state index in [0.29, 0.717) is 22.1 Å². The van der Waals surface area contributed by atoms with E-state index in [0.717, 1.165) is 30.6 Å². The monoisotopic (exact) mass is 408 g/mol. The van der Waals surface area contributed by atoms with Crippen LogP contribution in [-0.4, -0.2) is 21.6 Å². The molecule has 4 rings (SSSR count). The quantitative estimate of drug-likeness (QED) is 0.648. The largest absolute Gasteiger partial charge is 0.279 e. The molecule has 2 amide bonds. The summed E-state index contributed by atoms with van der Waals surface area (Å²) < 4.78 is 1.74. The van der Waals surface area contributed by atoms with E-state index in [2.05, 4.69) is 22.9 Å². The summed E-state index contributed by atoms with van der Waals surface area (Å²) >= 11 is 1.52. The van der Waals surface area contributed by atoms with Crippen LogP contribution >= 0.6 is 11.3 Å². The lowest BCUT2D eigenvalue weighted by molar-refractivity contribution is 0.0848. The molecular formula is C22H24N4O2S. The zero-order valence-corrected chi connectivity index (χ0v) is 17.6. The van der Waals surface area contributed by atoms with Crippen molar-refractivity contribution in [1.82, 2.24) is 20.6 Å². The molecule has 0 unspecified atom stereocenters. The fourth-order valence-corrected chi connectivity index (χ4v) is 4.95. The first-order valence-electron chi connectivity index (χ1n) is 9.78. The summed E-state index contributed by atoms with van der Waals surface area (Å²) in [7, 11) is 0. The molecule has 1 aliphatic carbocycles. The van der Waals surface area contributed by atoms with Crippen molar-refractivity contribution in [3.05, 3.63) is 68.7 Å². The van der Waals surface area contributed by atoms with Gasteiger partial charge in [0.2, 0.25) is 0 Å². The Balaban J connectivity index is 1.46. The normalized spacial score (nSPS) is 15.6. The number of fused-ring (bicyclic) bond motifs is 1. The van der Waals surface area contributed by atoms with Crippen LogP contribution in [0.4, 0.5) is 0 Å². The molecule has 1 atom stereocenters. The molecule has 150 valence electrons. The Labute approximate surface area is 173 Å². The predicted molar refractivity (Wildman–Crippen MR) is 113 cm³/mol. The molecule has 6 nitrogen and oxygen atoms in total. The van der Waals surface area contributed by atoms with Gasteiger partial charge >= 0.3 is 0 Å². The maximum atomic E-state index is 12.7. The fraction of sp³-hybridized carbons (Fsp3) is 0.318. The summed E-state index contributed by atoms with van der Waals surface area (Å²) in [6.45, 7) is 5.87. The number of aryl methyl sites for hydroxylation is 2. The first-order chi connectivity index (χ1) is 13.9. The number of benzene rings is 1. The highest BCUT2D eigenvalue weighted by Gasteiger charge is 2.23. The molecule has 3 aromatic rings. The summed E-state index contributed by atoms with van der Waals surface area (Å²) in [6.07, 6.45) is 3.20. The summed E-state index contributed by atoms with van der Waals surface area (Å²) in [5.41, 5.74) is 9.05. The molecule has 0 bridgehead atoms. The SMILES string of the molecule is Cc1nn(-c2ccccc2)c(C)c1C(=O)NNC(=O)c1cc2c(s1)CC[C@@H](C)C2. The van der Waals surface area contributed by atoms with Crippen LogP contribution in [0.2, 0.25) is 0 Å². The van der Waals surface area contributed by atoms with Crippen molar-refractivity contribution in [2.24, 2.45) is 5.92 Å². The van der Waals surface area contributed by atoms with E-state index in [1.54, 1.807) is 11.6 Å². The van der Waals surface area contributed by atoms with E-state index in [1.165, 1.54) is 21.8 Å². The molecule has 0 radical (unpaired) electrons. The summed E-state index contributed by atoms with van der Waals surface area (Å²) in [4.78, 5) is 27.2. The number of carbonyl (C=O) groups excluding carboxylic acids is 2. The van der Waals surface area contributed by atoms with Gasteiger partial charge in [0.25, 0.3) is 11.8 Å². The number of para-hydroxylation sites is 1. The first kappa shape index (κ1) is 19.4. The van der Waals surface area contributed by atoms with Crippen LogP contribution in [0.5, 0.6) is 0 Å². The highest BCUT2D eigenvalue weighted by molar-refractivity contribution is 7.14. The molecule has 1 aromatic carbocycles. The minimum Gasteiger partial charge on any atom is -0.267 e. The second-order valence-corrected chi connectivity index (χ2v) is 8.75. The second kappa shape index (κ2) is 7.83. The fourth-order valence-electron chi connectivity index (χ4n) is 3.85. The lowest BCUT2D eigenvalue weighted by Crippen LogP contribution is -2.41. The van der Waals surface area contributed by atoms with Crippen molar-refractivity contribution in [3.8, 4) is 5.69 Å². The molecule has 0 saturated carbocycles. The molecule has 0 fully saturated rings. The number of nitrogens with one attached hydrogen (secondary N) is 2. The Morgan fingerprint density at radius 2 is 1.86 bits per heavy atom. The predicted octanol–water partition coefficient (Wildman–Crippen LogP) is 3.75. The van der Waals surface area contributed by atoms with Gasteiger partial charge in [0, 0.05) is 4.88 Å². The number of nitrogens with zero attached hydrogens (tertiary/aromatic N) is 2. The van der Waals surface area contributed by atoms with E-state index in [1.807, 2.05) is 43.3 Å². The van der Waals surface area contributed by atoms with Gasteiger partial charge in [-0.2, -0.15) is 5.10 Å². The van der Waals surface area contributed by atoms with Crippen molar-refractivity contribution >= 4 is 23.2 Å². The Bertz CT molecular complexity index is 1070. The molecule has 7 heteroatoms. The van der Waals surface area contributed by atoms with Gasteiger partial charge in [0.05, 0.1) is 27.5 Å². The molecule has 1 aliphatic rings. The number of carbonyl (C=O) groups is 2. The molecular weight excluding hydrogens is 384 g/mol. The second-order valence-electron chi connectivity index (χ2n) is 7.61. The average Bonchev–Trinajstić information content (AvgIpc) is 3.26. The van der Waals surface area contributed by atoms with Crippen molar-refractivity contribution in [3.63, 3.8) is 0 Å². The zero-order valence-electron chi connectivity index (χ0n) is 16.8. The third-order valence-electron chi connectivity index (χ3n) is 5.36. The Kier molecular flexibility index (Phi) is 5.24. The summed E-state index contributed by atoms with van der Waals surface area (Å²) in [6, 6.07) is 11.6. The maximum Gasteiger partial charge on any atom is 0.279 e. The number of thiophene rings is 1. The molecule has 0 saturated heterocycles. The van der Waals surface area contributed by atoms with E-state index in [9.17, 15) is 9.59 Å². The van der Waals surface area contributed by atoms with Crippen molar-refractivity contribution in [2.45, 2.75) is 40.0 Å². The number of hydrazine groups is 1. The van der Waals surface area contributed by atoms with Crippen molar-refractivity contribution in [1.29, 1.82) is 0 Å². The smallest absolute Gasteiger partial charge is 0.267 e. The number of aromatic nitrogens is 2. The van der Waals surface area contributed by atoms with Gasteiger partial charge < -0.3 is 0 Å². The highest BCUT2D eigenvalue weighted by Crippen LogP contribution is 2.32. The third-order valence-corrected chi connectivity index (χ3v) is 6.60. The highest BCUT2D eigenvalue weighted by atomic mass is 32.1. The first-order valence-corrected chi connectivity index (χ1v) is 10.6. The van der Waals surface area contributed by atoms with Crippen molar-refractivity contribution < 1.29 is 9.59 Å². The summed E-state index contributed by atoms with van der Waals surface area (Å²) in [5, 5.41) is 4.48. The molecule has 2 N–H and O–H groups in total. The minimum absolute atomic E-state index is 0.281. The number of amides is 2. The minimum atomic E-state index is -0.370. The average molecular weight is 409 g/mol. The lowest BCUT2D eigenvalue weighted by Gasteiger charge is -2.16. The summed E-state index contributed by atoms with van der Waals surface area (Å²) in [5.74, 6) is 0.00134. The van der Waals surface area contributed by atoms with Crippen LogP contribution < -0.4 is 10.9 Å². The van der Waals surface area contributed by atoms with Crippen molar-refractivity contribution in [2.75, 3.05) is 0 Å². The Morgan fingerprint density at radius 1 is 1.14 bits per heavy atom. The van der Waals surface area contributed by atoms with E-state index in [-0.39, 0.29) is 11.8 Å². The van der Waals surface area contributed by atoms with Gasteiger partial charge in [-0.3, -0.25) is 20.4 Å². The molecule has 0 aliphatic heterocycles. The van der Waals surface area contributed by atoms with Gasteiger partial charge in [0.1, 0.15) is 0 Å². The van der Waals surface area contributed by atoms with E-state index < -0.39 is 0 Å². The number of rotatable bonds is 3. The Hall–Kier alpha value is -2.93. The molecule has 0 spiro atoms. The lowest BCUT2D eigenvalue weighted by atomic mass is 9.90. The van der Waals surface area contributed by atoms with E-state index in [4.69, 9.17) is 0 Å². The van der Waals surface area contributed by atoms with Crippen LogP contribution in [0.1, 0.15) is 55.2 Å². The number of hydrogen-bond acceptors (Lipinski definition) is 4. The number of hydrogen-bond donors (Lipinski definition) is 2. The standard InChI is InChI=1S/C22H24N4O2S/c1-13-9-10-18-16(11-13)12-19(29-18)21(27)23-24-22(28)20-14(2)25-26(15(20)3)17-7-5-4-6-8-17/h4-8,12-13H,9-11H2,1-3H3,(H,23,27)(H,24,28)/t13-/m1/s1. The third kappa shape index (κ3) is 3.82.